The van der Waals surface area contributed by atoms with Gasteiger partial charge in [0, 0.05) is 44.2 Å². The molecular formula is C28H29N3O4. The van der Waals surface area contributed by atoms with Gasteiger partial charge in [-0.2, -0.15) is 0 Å². The van der Waals surface area contributed by atoms with Crippen molar-refractivity contribution in [3.05, 3.63) is 70.6 Å². The van der Waals surface area contributed by atoms with Gasteiger partial charge < -0.3 is 15.0 Å². The van der Waals surface area contributed by atoms with Crippen LogP contribution in [0.4, 0.5) is 0 Å². The first-order chi connectivity index (χ1) is 17.0. The summed E-state index contributed by atoms with van der Waals surface area (Å²) in [6.07, 6.45) is 7.31. The number of benzene rings is 1. The summed E-state index contributed by atoms with van der Waals surface area (Å²) >= 11 is 0. The highest BCUT2D eigenvalue weighted by Crippen LogP contribution is 2.52. The first-order valence-corrected chi connectivity index (χ1v) is 12.5. The number of carbonyl (C=O) groups is 3. The molecular weight excluding hydrogens is 442 g/mol. The van der Waals surface area contributed by atoms with E-state index in [1.165, 1.54) is 5.57 Å². The summed E-state index contributed by atoms with van der Waals surface area (Å²) in [7, 11) is 0. The Hall–Kier alpha value is -3.32. The van der Waals surface area contributed by atoms with Crippen LogP contribution < -0.4 is 5.32 Å². The van der Waals surface area contributed by atoms with Crippen LogP contribution in [0.1, 0.15) is 76.6 Å². The highest BCUT2D eigenvalue weighted by Gasteiger charge is 2.55. The number of fused-ring (bicyclic) bond motifs is 2. The van der Waals surface area contributed by atoms with Crippen molar-refractivity contribution in [3.8, 4) is 0 Å². The van der Waals surface area contributed by atoms with Gasteiger partial charge in [-0.05, 0) is 48.6 Å². The number of ketones is 1. The van der Waals surface area contributed by atoms with Gasteiger partial charge in [0.25, 0.3) is 0 Å². The fourth-order valence-electron chi connectivity index (χ4n) is 5.87. The van der Waals surface area contributed by atoms with Gasteiger partial charge in [-0.15, -0.1) is 0 Å². The topological polar surface area (TPSA) is 88.6 Å². The van der Waals surface area contributed by atoms with E-state index in [-0.39, 0.29) is 17.4 Å². The molecule has 3 aliphatic heterocycles. The van der Waals surface area contributed by atoms with Gasteiger partial charge in [-0.1, -0.05) is 37.3 Å². The van der Waals surface area contributed by atoms with Crippen LogP contribution in [-0.2, 0) is 20.5 Å². The van der Waals surface area contributed by atoms with Crippen LogP contribution in [0, 0.1) is 0 Å². The Balaban J connectivity index is 1.26. The molecule has 6 rings (SSSR count). The lowest BCUT2D eigenvalue weighted by molar-refractivity contribution is -0.130. The predicted molar refractivity (Wildman–Crippen MR) is 130 cm³/mol. The van der Waals surface area contributed by atoms with E-state index in [2.05, 4.69) is 28.5 Å². The Morgan fingerprint density at radius 3 is 2.57 bits per heavy atom. The van der Waals surface area contributed by atoms with Crippen molar-refractivity contribution < 1.29 is 19.1 Å². The van der Waals surface area contributed by atoms with E-state index in [0.717, 1.165) is 49.0 Å². The molecule has 1 N–H and O–H groups in total. The molecule has 0 radical (unpaired) electrons. The molecule has 0 bridgehead atoms. The Morgan fingerprint density at radius 1 is 1.14 bits per heavy atom. The Bertz CT molecular complexity index is 1250. The maximum atomic E-state index is 13.8. The molecule has 1 saturated heterocycles. The van der Waals surface area contributed by atoms with Gasteiger partial charge in [-0.25, -0.2) is 4.79 Å². The third-order valence-corrected chi connectivity index (χ3v) is 8.12. The van der Waals surface area contributed by atoms with Gasteiger partial charge in [-0.3, -0.25) is 14.6 Å². The lowest BCUT2D eigenvalue weighted by Crippen LogP contribution is -2.34. The fourth-order valence-corrected chi connectivity index (χ4v) is 5.87. The zero-order valence-electron chi connectivity index (χ0n) is 19.9. The van der Waals surface area contributed by atoms with Crippen LogP contribution in [0.15, 0.2) is 42.6 Å². The van der Waals surface area contributed by atoms with Crippen LogP contribution >= 0.6 is 0 Å². The highest BCUT2D eigenvalue weighted by atomic mass is 16.6. The van der Waals surface area contributed by atoms with Gasteiger partial charge in [0.15, 0.2) is 11.4 Å². The van der Waals surface area contributed by atoms with E-state index >= 15 is 0 Å². The first kappa shape index (κ1) is 22.2. The van der Waals surface area contributed by atoms with E-state index in [0.29, 0.717) is 31.5 Å². The molecule has 4 heterocycles. The summed E-state index contributed by atoms with van der Waals surface area (Å²) < 4.78 is 5.80. The minimum Gasteiger partial charge on any atom is -0.449 e. The summed E-state index contributed by atoms with van der Waals surface area (Å²) in [6, 6.07) is 10.0. The molecule has 2 aromatic rings. The van der Waals surface area contributed by atoms with Crippen LogP contribution in [0.25, 0.3) is 5.57 Å². The zero-order valence-corrected chi connectivity index (χ0v) is 19.9. The number of hydrogen-bond acceptors (Lipinski definition) is 6. The minimum absolute atomic E-state index is 0.0901. The Kier molecular flexibility index (Phi) is 5.14. The van der Waals surface area contributed by atoms with E-state index in [4.69, 9.17) is 4.74 Å². The zero-order chi connectivity index (χ0) is 24.2. The summed E-state index contributed by atoms with van der Waals surface area (Å²) in [6.45, 7) is 4.61. The van der Waals surface area contributed by atoms with Crippen molar-refractivity contribution in [1.29, 1.82) is 0 Å². The number of nitrogens with one attached hydrogen (secondary N) is 1. The molecule has 1 spiro atoms. The fraction of sp³-hybridized carbons (Fsp3) is 0.429. The lowest BCUT2D eigenvalue weighted by atomic mass is 9.84. The Labute approximate surface area is 204 Å². The minimum atomic E-state index is -0.673. The summed E-state index contributed by atoms with van der Waals surface area (Å²) in [5.41, 5.74) is 3.40. The SMILES string of the molecule is CCC(=O)N1CC=C(c2ccc(C3(C(=O)c4nccc5c4C(=O)OC54CCNC4)CC3)cc2)CC1. The van der Waals surface area contributed by atoms with E-state index in [9.17, 15) is 14.4 Å². The number of amides is 1. The molecule has 1 aliphatic carbocycles. The molecule has 7 nitrogen and oxygen atoms in total. The second-order valence-electron chi connectivity index (χ2n) is 10.1. The summed E-state index contributed by atoms with van der Waals surface area (Å²) in [5, 5.41) is 3.27. The molecule has 7 heteroatoms. The van der Waals surface area contributed by atoms with Gasteiger partial charge in [0.2, 0.25) is 5.91 Å². The monoisotopic (exact) mass is 471 g/mol. The maximum absolute atomic E-state index is 13.8. The standard InChI is InChI=1S/C28H29N3O4/c1-2-22(32)31-15-8-19(9-16-31)18-3-5-20(6-4-18)27(10-11-27)25(33)24-23-21(7-13-30-24)28(35-26(23)34)12-14-29-17-28/h3-8,13,29H,2,9-12,14-17H2,1H3. The lowest BCUT2D eigenvalue weighted by Gasteiger charge is -2.26. The predicted octanol–water partition coefficient (Wildman–Crippen LogP) is 3.38. The molecule has 2 fully saturated rings. The maximum Gasteiger partial charge on any atom is 0.341 e. The van der Waals surface area contributed by atoms with Crippen molar-refractivity contribution in [3.63, 3.8) is 0 Å². The number of esters is 1. The number of hydrogen-bond donors (Lipinski definition) is 1. The number of aromatic nitrogens is 1. The smallest absolute Gasteiger partial charge is 0.341 e. The highest BCUT2D eigenvalue weighted by molar-refractivity contribution is 6.12. The molecule has 35 heavy (non-hydrogen) atoms. The van der Waals surface area contributed by atoms with Crippen molar-refractivity contribution in [2.45, 2.75) is 50.0 Å². The average molecular weight is 472 g/mol. The first-order valence-electron chi connectivity index (χ1n) is 12.5. The molecule has 1 unspecified atom stereocenters. The second kappa shape index (κ2) is 8.12. The van der Waals surface area contributed by atoms with Gasteiger partial charge in [0.05, 0.1) is 11.0 Å². The van der Waals surface area contributed by atoms with Crippen molar-refractivity contribution in [2.24, 2.45) is 0 Å². The molecule has 1 atom stereocenters. The van der Waals surface area contributed by atoms with E-state index < -0.39 is 17.0 Å². The average Bonchev–Trinajstić information content (AvgIpc) is 3.50. The Morgan fingerprint density at radius 2 is 1.94 bits per heavy atom. The van der Waals surface area contributed by atoms with Crippen LogP contribution in [0.5, 0.6) is 0 Å². The number of pyridine rings is 1. The third-order valence-electron chi connectivity index (χ3n) is 8.12. The van der Waals surface area contributed by atoms with Crippen molar-refractivity contribution in [1.82, 2.24) is 15.2 Å². The van der Waals surface area contributed by atoms with E-state index in [1.54, 1.807) is 6.20 Å². The van der Waals surface area contributed by atoms with Crippen LogP contribution in [0.3, 0.4) is 0 Å². The molecule has 1 aromatic carbocycles. The third kappa shape index (κ3) is 3.44. The molecule has 1 amide bonds. The molecule has 4 aliphatic rings. The molecule has 180 valence electrons. The van der Waals surface area contributed by atoms with Crippen molar-refractivity contribution in [2.75, 3.05) is 26.2 Å². The van der Waals surface area contributed by atoms with Crippen molar-refractivity contribution >= 4 is 23.2 Å². The molecule has 1 aromatic heterocycles. The quantitative estimate of drug-likeness (QED) is 0.531. The number of carbonyl (C=O) groups excluding carboxylic acids is 3. The summed E-state index contributed by atoms with van der Waals surface area (Å²) in [5.74, 6) is -0.344. The second-order valence-corrected chi connectivity index (χ2v) is 10.1. The van der Waals surface area contributed by atoms with Gasteiger partial charge in [0.1, 0.15) is 5.69 Å². The van der Waals surface area contributed by atoms with Crippen LogP contribution in [0.2, 0.25) is 0 Å². The van der Waals surface area contributed by atoms with Gasteiger partial charge >= 0.3 is 5.97 Å². The number of ether oxygens (including phenoxy) is 1. The summed E-state index contributed by atoms with van der Waals surface area (Å²) in [4.78, 5) is 44.9. The number of Topliss-reactive ketones (excluding diaryl/α,β-unsaturated/α-hetero) is 1. The largest absolute Gasteiger partial charge is 0.449 e. The number of nitrogens with zero attached hydrogens (tertiary/aromatic N) is 2. The normalized spacial score (nSPS) is 24.2. The molecule has 1 saturated carbocycles. The van der Waals surface area contributed by atoms with Crippen LogP contribution in [-0.4, -0.2) is 53.7 Å². The number of rotatable bonds is 5. The van der Waals surface area contributed by atoms with E-state index in [1.807, 2.05) is 30.0 Å².